The Hall–Kier alpha value is -1.88. The lowest BCUT2D eigenvalue weighted by Crippen LogP contribution is -2.09. The highest BCUT2D eigenvalue weighted by Gasteiger charge is 2.11. The van der Waals surface area contributed by atoms with E-state index in [9.17, 15) is 5.11 Å². The number of para-hydroxylation sites is 1. The minimum absolute atomic E-state index is 0.287. The van der Waals surface area contributed by atoms with Crippen molar-refractivity contribution in [1.82, 2.24) is 15.0 Å². The molecule has 0 unspecified atom stereocenters. The first kappa shape index (κ1) is 12.6. The molecule has 0 aliphatic carbocycles. The van der Waals surface area contributed by atoms with Crippen LogP contribution in [-0.4, -0.2) is 26.6 Å². The molecule has 1 heterocycles. The normalized spacial score (nSPS) is 10.8. The van der Waals surface area contributed by atoms with Crippen LogP contribution in [0.2, 0.25) is 0 Å². The van der Waals surface area contributed by atoms with E-state index >= 15 is 0 Å². The van der Waals surface area contributed by atoms with Crippen molar-refractivity contribution in [2.45, 2.75) is 26.3 Å². The largest absolute Gasteiger partial charge is 0.508 e. The summed E-state index contributed by atoms with van der Waals surface area (Å²) < 4.78 is 1.83. The van der Waals surface area contributed by atoms with Gasteiger partial charge in [-0.2, -0.15) is 0 Å². The Bertz CT molecular complexity index is 521. The Kier molecular flexibility index (Phi) is 3.94. The van der Waals surface area contributed by atoms with Crippen molar-refractivity contribution in [2.75, 3.05) is 6.54 Å². The van der Waals surface area contributed by atoms with Gasteiger partial charge in [0.25, 0.3) is 0 Å². The predicted molar refractivity (Wildman–Crippen MR) is 69.4 cm³/mol. The van der Waals surface area contributed by atoms with E-state index in [0.29, 0.717) is 13.1 Å². The molecule has 0 fully saturated rings. The molecule has 0 bridgehead atoms. The number of rotatable bonds is 5. The lowest BCUT2D eigenvalue weighted by Gasteiger charge is -2.07. The van der Waals surface area contributed by atoms with Gasteiger partial charge >= 0.3 is 0 Å². The molecule has 0 amide bonds. The molecular weight excluding hydrogens is 228 g/mol. The van der Waals surface area contributed by atoms with Gasteiger partial charge in [0.2, 0.25) is 0 Å². The summed E-state index contributed by atoms with van der Waals surface area (Å²) >= 11 is 0. The third-order valence-corrected chi connectivity index (χ3v) is 2.95. The maximum Gasteiger partial charge on any atom is 0.120 e. The number of hydrogen-bond acceptors (Lipinski definition) is 4. The number of nitrogens with zero attached hydrogens (tertiary/aromatic N) is 3. The standard InChI is InChI=1S/C13H18N4O/c1-2-12-11(7-8-14)15-16-17(12)9-10-5-3-4-6-13(10)18/h3-6,18H,2,7-9,14H2,1H3. The van der Waals surface area contributed by atoms with Crippen LogP contribution in [0.3, 0.4) is 0 Å². The maximum atomic E-state index is 9.76. The van der Waals surface area contributed by atoms with Gasteiger partial charge in [0.1, 0.15) is 5.75 Å². The zero-order chi connectivity index (χ0) is 13.0. The average Bonchev–Trinajstić information content (AvgIpc) is 2.75. The zero-order valence-corrected chi connectivity index (χ0v) is 10.5. The van der Waals surface area contributed by atoms with Crippen LogP contribution in [0.15, 0.2) is 24.3 Å². The Balaban J connectivity index is 2.27. The van der Waals surface area contributed by atoms with Gasteiger partial charge in [0.15, 0.2) is 0 Å². The van der Waals surface area contributed by atoms with E-state index < -0.39 is 0 Å². The summed E-state index contributed by atoms with van der Waals surface area (Å²) in [5.74, 6) is 0.287. The molecule has 2 aromatic rings. The summed E-state index contributed by atoms with van der Waals surface area (Å²) in [6, 6.07) is 7.27. The summed E-state index contributed by atoms with van der Waals surface area (Å²) in [7, 11) is 0. The second-order valence-corrected chi connectivity index (χ2v) is 4.16. The highest BCUT2D eigenvalue weighted by atomic mass is 16.3. The molecule has 0 radical (unpaired) electrons. The van der Waals surface area contributed by atoms with Crippen molar-refractivity contribution in [3.05, 3.63) is 41.2 Å². The molecule has 2 rings (SSSR count). The van der Waals surface area contributed by atoms with E-state index in [1.54, 1.807) is 12.1 Å². The van der Waals surface area contributed by atoms with E-state index in [4.69, 9.17) is 5.73 Å². The van der Waals surface area contributed by atoms with Crippen molar-refractivity contribution in [2.24, 2.45) is 5.73 Å². The fourth-order valence-electron chi connectivity index (χ4n) is 2.02. The molecule has 0 aliphatic rings. The molecule has 0 saturated carbocycles. The molecule has 0 atom stereocenters. The Labute approximate surface area is 106 Å². The van der Waals surface area contributed by atoms with E-state index in [0.717, 1.165) is 29.8 Å². The van der Waals surface area contributed by atoms with Crippen molar-refractivity contribution in [3.63, 3.8) is 0 Å². The van der Waals surface area contributed by atoms with Crippen LogP contribution in [0.1, 0.15) is 23.9 Å². The molecule has 0 spiro atoms. The summed E-state index contributed by atoms with van der Waals surface area (Å²) in [6.45, 7) is 3.18. The third kappa shape index (κ3) is 2.51. The van der Waals surface area contributed by atoms with Gasteiger partial charge in [0.05, 0.1) is 17.9 Å². The van der Waals surface area contributed by atoms with Crippen LogP contribution in [0, 0.1) is 0 Å². The first-order valence-electron chi connectivity index (χ1n) is 6.14. The quantitative estimate of drug-likeness (QED) is 0.828. The highest BCUT2D eigenvalue weighted by Crippen LogP contribution is 2.18. The third-order valence-electron chi connectivity index (χ3n) is 2.95. The van der Waals surface area contributed by atoms with Gasteiger partial charge in [-0.05, 0) is 19.0 Å². The molecule has 18 heavy (non-hydrogen) atoms. The summed E-state index contributed by atoms with van der Waals surface area (Å²) in [6.07, 6.45) is 1.60. The van der Waals surface area contributed by atoms with Crippen LogP contribution in [0.25, 0.3) is 0 Å². The predicted octanol–water partition coefficient (Wildman–Crippen LogP) is 1.10. The highest BCUT2D eigenvalue weighted by molar-refractivity contribution is 5.32. The maximum absolute atomic E-state index is 9.76. The van der Waals surface area contributed by atoms with Crippen LogP contribution in [0.4, 0.5) is 0 Å². The number of phenols is 1. The van der Waals surface area contributed by atoms with Crippen molar-refractivity contribution in [1.29, 1.82) is 0 Å². The summed E-state index contributed by atoms with van der Waals surface area (Å²) in [5, 5.41) is 18.1. The molecule has 96 valence electrons. The zero-order valence-electron chi connectivity index (χ0n) is 10.5. The van der Waals surface area contributed by atoms with E-state index in [-0.39, 0.29) is 5.75 Å². The van der Waals surface area contributed by atoms with E-state index in [1.165, 1.54) is 0 Å². The fraction of sp³-hybridized carbons (Fsp3) is 0.385. The van der Waals surface area contributed by atoms with E-state index in [2.05, 4.69) is 17.2 Å². The van der Waals surface area contributed by atoms with Gasteiger partial charge in [0, 0.05) is 12.0 Å². The number of hydrogen-bond donors (Lipinski definition) is 2. The first-order chi connectivity index (χ1) is 8.76. The first-order valence-corrected chi connectivity index (χ1v) is 6.14. The molecule has 5 nitrogen and oxygen atoms in total. The fourth-order valence-corrected chi connectivity index (χ4v) is 2.02. The summed E-state index contributed by atoms with van der Waals surface area (Å²) in [4.78, 5) is 0. The summed E-state index contributed by atoms with van der Waals surface area (Å²) in [5.41, 5.74) is 8.44. The molecule has 0 saturated heterocycles. The number of nitrogens with two attached hydrogens (primary N) is 1. The second-order valence-electron chi connectivity index (χ2n) is 4.16. The lowest BCUT2D eigenvalue weighted by molar-refractivity contribution is 0.462. The minimum atomic E-state index is 0.287. The Morgan fingerprint density at radius 1 is 1.33 bits per heavy atom. The second kappa shape index (κ2) is 5.64. The number of phenolic OH excluding ortho intramolecular Hbond substituents is 1. The smallest absolute Gasteiger partial charge is 0.120 e. The number of aromatic hydroxyl groups is 1. The Morgan fingerprint density at radius 3 is 2.78 bits per heavy atom. The molecule has 0 aliphatic heterocycles. The molecular formula is C13H18N4O. The van der Waals surface area contributed by atoms with Gasteiger partial charge in [-0.3, -0.25) is 0 Å². The molecule has 1 aromatic heterocycles. The van der Waals surface area contributed by atoms with Crippen molar-refractivity contribution >= 4 is 0 Å². The van der Waals surface area contributed by atoms with Gasteiger partial charge in [-0.1, -0.05) is 30.3 Å². The number of aromatic nitrogens is 3. The van der Waals surface area contributed by atoms with Crippen LogP contribution >= 0.6 is 0 Å². The SMILES string of the molecule is CCc1c(CCN)nnn1Cc1ccccc1O. The van der Waals surface area contributed by atoms with Gasteiger partial charge < -0.3 is 10.8 Å². The average molecular weight is 246 g/mol. The van der Waals surface area contributed by atoms with Crippen LogP contribution in [0.5, 0.6) is 5.75 Å². The molecule has 5 heteroatoms. The lowest BCUT2D eigenvalue weighted by atomic mass is 10.1. The minimum Gasteiger partial charge on any atom is -0.508 e. The van der Waals surface area contributed by atoms with Crippen molar-refractivity contribution < 1.29 is 5.11 Å². The van der Waals surface area contributed by atoms with Crippen LogP contribution < -0.4 is 5.73 Å². The van der Waals surface area contributed by atoms with Gasteiger partial charge in [-0.15, -0.1) is 5.10 Å². The van der Waals surface area contributed by atoms with Crippen LogP contribution in [-0.2, 0) is 19.4 Å². The van der Waals surface area contributed by atoms with Crippen molar-refractivity contribution in [3.8, 4) is 5.75 Å². The van der Waals surface area contributed by atoms with Gasteiger partial charge in [-0.25, -0.2) is 4.68 Å². The topological polar surface area (TPSA) is 77.0 Å². The Morgan fingerprint density at radius 2 is 2.11 bits per heavy atom. The molecule has 1 aromatic carbocycles. The monoisotopic (exact) mass is 246 g/mol. The van der Waals surface area contributed by atoms with E-state index in [1.807, 2.05) is 16.8 Å². The number of benzene rings is 1. The molecule has 3 N–H and O–H groups in total.